The molecule has 5 nitrogen and oxygen atoms in total. The van der Waals surface area contributed by atoms with Gasteiger partial charge in [-0.3, -0.25) is 19.8 Å². The second kappa shape index (κ2) is 4.86. The zero-order valence-electron chi connectivity index (χ0n) is 9.70. The van der Waals surface area contributed by atoms with E-state index in [1.165, 1.54) is 18.8 Å². The van der Waals surface area contributed by atoms with Gasteiger partial charge in [0.05, 0.1) is 0 Å². The van der Waals surface area contributed by atoms with Crippen LogP contribution in [0.1, 0.15) is 20.3 Å². The predicted molar refractivity (Wildman–Crippen MR) is 62.0 cm³/mol. The van der Waals surface area contributed by atoms with Crippen LogP contribution in [0.15, 0.2) is 0 Å². The first-order chi connectivity index (χ1) is 7.49. The molecule has 0 aromatic rings. The number of urea groups is 1. The van der Waals surface area contributed by atoms with Crippen LogP contribution in [-0.2, 0) is 9.59 Å². The Balaban J connectivity index is 3.01. The molecule has 0 aliphatic carbocycles. The SMILES string of the molecule is CCSCC1(CC)C(=O)NC(=O)N(C)C1=O. The minimum absolute atomic E-state index is 0.398. The van der Waals surface area contributed by atoms with Gasteiger partial charge in [-0.25, -0.2) is 4.79 Å². The quantitative estimate of drug-likeness (QED) is 0.744. The average molecular weight is 244 g/mol. The fraction of sp³-hybridized carbons (Fsp3) is 0.700. The van der Waals surface area contributed by atoms with Crippen molar-refractivity contribution in [2.24, 2.45) is 5.41 Å². The Morgan fingerprint density at radius 3 is 2.44 bits per heavy atom. The molecule has 0 radical (unpaired) electrons. The maximum atomic E-state index is 12.0. The number of thioether (sulfide) groups is 1. The Labute approximate surface area is 98.9 Å². The Hall–Kier alpha value is -1.04. The van der Waals surface area contributed by atoms with E-state index in [-0.39, 0.29) is 0 Å². The lowest BCUT2D eigenvalue weighted by Crippen LogP contribution is -2.63. The molecule has 1 aliphatic rings. The molecule has 6 heteroatoms. The molecular weight excluding hydrogens is 228 g/mol. The molecule has 1 unspecified atom stereocenters. The van der Waals surface area contributed by atoms with Crippen molar-refractivity contribution < 1.29 is 14.4 Å². The van der Waals surface area contributed by atoms with Crippen molar-refractivity contribution in [3.8, 4) is 0 Å². The van der Waals surface area contributed by atoms with E-state index in [4.69, 9.17) is 0 Å². The zero-order chi connectivity index (χ0) is 12.3. The van der Waals surface area contributed by atoms with Gasteiger partial charge in [-0.2, -0.15) is 11.8 Å². The highest BCUT2D eigenvalue weighted by Crippen LogP contribution is 2.32. The maximum absolute atomic E-state index is 12.0. The number of hydrogen-bond acceptors (Lipinski definition) is 4. The van der Waals surface area contributed by atoms with E-state index < -0.39 is 23.3 Å². The summed E-state index contributed by atoms with van der Waals surface area (Å²) in [5.41, 5.74) is -1.08. The second-order valence-electron chi connectivity index (χ2n) is 3.70. The predicted octanol–water partition coefficient (Wildman–Crippen LogP) is 0.844. The lowest BCUT2D eigenvalue weighted by atomic mass is 9.83. The number of imide groups is 2. The average Bonchev–Trinajstić information content (AvgIpc) is 2.27. The Bertz CT molecular complexity index is 332. The van der Waals surface area contributed by atoms with Crippen molar-refractivity contribution in [2.45, 2.75) is 20.3 Å². The van der Waals surface area contributed by atoms with Crippen LogP contribution in [0.5, 0.6) is 0 Å². The van der Waals surface area contributed by atoms with Crippen molar-refractivity contribution in [1.29, 1.82) is 0 Å². The molecule has 1 aliphatic heterocycles. The summed E-state index contributed by atoms with van der Waals surface area (Å²) in [4.78, 5) is 36.1. The van der Waals surface area contributed by atoms with Crippen molar-refractivity contribution in [2.75, 3.05) is 18.6 Å². The first-order valence-corrected chi connectivity index (χ1v) is 6.36. The van der Waals surface area contributed by atoms with Gasteiger partial charge >= 0.3 is 6.03 Å². The molecule has 0 saturated carbocycles. The van der Waals surface area contributed by atoms with Gasteiger partial charge in [0.25, 0.3) is 0 Å². The van der Waals surface area contributed by atoms with Gasteiger partial charge in [-0.15, -0.1) is 0 Å². The summed E-state index contributed by atoms with van der Waals surface area (Å²) in [5.74, 6) is 0.385. The normalized spacial score (nSPS) is 25.9. The third-order valence-electron chi connectivity index (χ3n) is 2.83. The molecule has 0 aromatic carbocycles. The second-order valence-corrected chi connectivity index (χ2v) is 4.97. The number of nitrogens with zero attached hydrogens (tertiary/aromatic N) is 1. The van der Waals surface area contributed by atoms with Gasteiger partial charge in [0, 0.05) is 12.8 Å². The molecule has 1 N–H and O–H groups in total. The highest BCUT2D eigenvalue weighted by atomic mass is 32.2. The van der Waals surface area contributed by atoms with E-state index in [1.807, 2.05) is 6.92 Å². The van der Waals surface area contributed by atoms with E-state index in [1.54, 1.807) is 6.92 Å². The molecule has 4 amide bonds. The number of rotatable bonds is 4. The monoisotopic (exact) mass is 244 g/mol. The summed E-state index contributed by atoms with van der Waals surface area (Å²) in [5, 5.41) is 2.22. The van der Waals surface area contributed by atoms with E-state index in [0.717, 1.165) is 10.7 Å². The molecule has 90 valence electrons. The molecule has 1 saturated heterocycles. The zero-order valence-corrected chi connectivity index (χ0v) is 10.5. The van der Waals surface area contributed by atoms with Crippen LogP contribution in [0.3, 0.4) is 0 Å². The number of carbonyl (C=O) groups excluding carboxylic acids is 3. The first kappa shape index (κ1) is 13.0. The van der Waals surface area contributed by atoms with Crippen LogP contribution in [0.2, 0.25) is 0 Å². The molecule has 16 heavy (non-hydrogen) atoms. The van der Waals surface area contributed by atoms with E-state index in [9.17, 15) is 14.4 Å². The molecule has 1 heterocycles. The summed E-state index contributed by atoms with van der Waals surface area (Å²) in [6.07, 6.45) is 0.405. The van der Waals surface area contributed by atoms with Gasteiger partial charge in [0.1, 0.15) is 5.41 Å². The van der Waals surface area contributed by atoms with Crippen LogP contribution in [-0.4, -0.2) is 41.3 Å². The molecule has 1 atom stereocenters. The number of amides is 4. The highest BCUT2D eigenvalue weighted by molar-refractivity contribution is 7.99. The molecule has 0 bridgehead atoms. The van der Waals surface area contributed by atoms with E-state index >= 15 is 0 Å². The minimum Gasteiger partial charge on any atom is -0.277 e. The van der Waals surface area contributed by atoms with Gasteiger partial charge in [-0.05, 0) is 12.2 Å². The number of barbiturate groups is 1. The van der Waals surface area contributed by atoms with Crippen LogP contribution < -0.4 is 5.32 Å². The lowest BCUT2D eigenvalue weighted by Gasteiger charge is -2.36. The third kappa shape index (κ3) is 1.93. The standard InChI is InChI=1S/C10H16N2O3S/c1-4-10(6-16-5-2)7(13)11-9(15)12(3)8(10)14/h4-6H2,1-3H3,(H,11,13,15). The van der Waals surface area contributed by atoms with Crippen LogP contribution >= 0.6 is 11.8 Å². The lowest BCUT2D eigenvalue weighted by molar-refractivity contribution is -0.149. The Kier molecular flexibility index (Phi) is 3.96. The molecule has 0 aromatic heterocycles. The summed E-state index contributed by atoms with van der Waals surface area (Å²) < 4.78 is 0. The van der Waals surface area contributed by atoms with Crippen molar-refractivity contribution in [1.82, 2.24) is 10.2 Å². The van der Waals surface area contributed by atoms with Gasteiger partial charge in [-0.1, -0.05) is 13.8 Å². The van der Waals surface area contributed by atoms with Crippen LogP contribution in [0.25, 0.3) is 0 Å². The van der Waals surface area contributed by atoms with Gasteiger partial charge < -0.3 is 0 Å². The van der Waals surface area contributed by atoms with Gasteiger partial charge in [0.15, 0.2) is 0 Å². The number of hydrogen-bond donors (Lipinski definition) is 1. The topological polar surface area (TPSA) is 66.5 Å². The summed E-state index contributed by atoms with van der Waals surface area (Å²) in [6, 6.07) is -0.638. The number of nitrogens with one attached hydrogen (secondary N) is 1. The molecular formula is C10H16N2O3S. The third-order valence-corrected chi connectivity index (χ3v) is 3.94. The summed E-state index contributed by atoms with van der Waals surface area (Å²) >= 11 is 1.53. The Morgan fingerprint density at radius 1 is 1.31 bits per heavy atom. The summed E-state index contributed by atoms with van der Waals surface area (Å²) in [7, 11) is 1.39. The fourth-order valence-corrected chi connectivity index (χ4v) is 2.64. The number of carbonyl (C=O) groups is 3. The van der Waals surface area contributed by atoms with Crippen molar-refractivity contribution in [3.63, 3.8) is 0 Å². The van der Waals surface area contributed by atoms with E-state index in [0.29, 0.717) is 12.2 Å². The summed E-state index contributed by atoms with van der Waals surface area (Å²) in [6.45, 7) is 3.76. The van der Waals surface area contributed by atoms with Crippen molar-refractivity contribution in [3.05, 3.63) is 0 Å². The smallest absolute Gasteiger partial charge is 0.277 e. The highest BCUT2D eigenvalue weighted by Gasteiger charge is 2.51. The molecule has 1 fully saturated rings. The van der Waals surface area contributed by atoms with Crippen molar-refractivity contribution >= 4 is 29.6 Å². The molecule has 0 spiro atoms. The molecule has 1 rings (SSSR count). The fourth-order valence-electron chi connectivity index (χ4n) is 1.63. The van der Waals surface area contributed by atoms with Gasteiger partial charge in [0.2, 0.25) is 11.8 Å². The largest absolute Gasteiger partial charge is 0.330 e. The Morgan fingerprint density at radius 2 is 1.94 bits per heavy atom. The van der Waals surface area contributed by atoms with Crippen LogP contribution in [0, 0.1) is 5.41 Å². The van der Waals surface area contributed by atoms with E-state index in [2.05, 4.69) is 5.32 Å². The van der Waals surface area contributed by atoms with Crippen LogP contribution in [0.4, 0.5) is 4.79 Å². The maximum Gasteiger partial charge on any atom is 0.330 e. The minimum atomic E-state index is -1.08. The first-order valence-electron chi connectivity index (χ1n) is 5.21.